The van der Waals surface area contributed by atoms with E-state index >= 15 is 0 Å². The standard InChI is InChI=1S/C13H21ClN4O2S/c1-16-10-15-13(12(16)14)21(19,20)18-8-4-5-11(18)9-17-6-2-3-7-17/h10-11H,2-9H2,1H3/t11-/m1/s1. The maximum absolute atomic E-state index is 12.8. The first-order chi connectivity index (χ1) is 10.00. The Balaban J connectivity index is 1.81. The van der Waals surface area contributed by atoms with Crippen LogP contribution in [0.15, 0.2) is 11.4 Å². The van der Waals surface area contributed by atoms with Gasteiger partial charge in [0.2, 0.25) is 5.03 Å². The molecule has 1 aromatic heterocycles. The number of aromatic nitrogens is 2. The summed E-state index contributed by atoms with van der Waals surface area (Å²) in [7, 11) is -1.90. The SMILES string of the molecule is Cn1cnc(S(=O)(=O)N2CCC[C@@H]2CN2CCCC2)c1Cl. The van der Waals surface area contributed by atoms with Gasteiger partial charge < -0.3 is 9.47 Å². The van der Waals surface area contributed by atoms with Gasteiger partial charge in [0.1, 0.15) is 5.15 Å². The molecule has 8 heteroatoms. The molecule has 0 radical (unpaired) electrons. The average molecular weight is 333 g/mol. The first kappa shape index (κ1) is 15.3. The van der Waals surface area contributed by atoms with Crippen molar-refractivity contribution in [3.05, 3.63) is 11.5 Å². The van der Waals surface area contributed by atoms with Crippen molar-refractivity contribution >= 4 is 21.6 Å². The van der Waals surface area contributed by atoms with Gasteiger partial charge >= 0.3 is 0 Å². The zero-order valence-corrected chi connectivity index (χ0v) is 13.8. The molecule has 118 valence electrons. The minimum atomic E-state index is -3.60. The van der Waals surface area contributed by atoms with Crippen LogP contribution in [-0.4, -0.2) is 59.4 Å². The number of hydrogen-bond donors (Lipinski definition) is 0. The van der Waals surface area contributed by atoms with Crippen LogP contribution in [0, 0.1) is 0 Å². The van der Waals surface area contributed by atoms with Gasteiger partial charge in [-0.25, -0.2) is 13.4 Å². The van der Waals surface area contributed by atoms with Gasteiger partial charge in [-0.1, -0.05) is 11.6 Å². The van der Waals surface area contributed by atoms with Crippen molar-refractivity contribution < 1.29 is 8.42 Å². The molecule has 21 heavy (non-hydrogen) atoms. The van der Waals surface area contributed by atoms with Gasteiger partial charge in [-0.05, 0) is 38.8 Å². The number of likely N-dealkylation sites (tertiary alicyclic amines) is 1. The predicted molar refractivity (Wildman–Crippen MR) is 80.8 cm³/mol. The van der Waals surface area contributed by atoms with Crippen LogP contribution >= 0.6 is 11.6 Å². The molecule has 0 bridgehead atoms. The van der Waals surface area contributed by atoms with E-state index < -0.39 is 10.0 Å². The zero-order chi connectivity index (χ0) is 15.0. The van der Waals surface area contributed by atoms with Crippen LogP contribution in [0.4, 0.5) is 0 Å². The molecule has 2 aliphatic heterocycles. The van der Waals surface area contributed by atoms with Crippen LogP contribution in [0.1, 0.15) is 25.7 Å². The van der Waals surface area contributed by atoms with Crippen molar-refractivity contribution in [2.45, 2.75) is 36.8 Å². The third-order valence-electron chi connectivity index (χ3n) is 4.38. The number of nitrogens with zero attached hydrogens (tertiary/aromatic N) is 4. The molecule has 3 rings (SSSR count). The van der Waals surface area contributed by atoms with E-state index in [1.807, 2.05) is 0 Å². The van der Waals surface area contributed by atoms with Crippen molar-refractivity contribution in [2.24, 2.45) is 7.05 Å². The molecule has 0 aliphatic carbocycles. The van der Waals surface area contributed by atoms with Gasteiger partial charge in [-0.3, -0.25) is 0 Å². The fourth-order valence-corrected chi connectivity index (χ4v) is 5.33. The number of sulfonamides is 1. The Labute approximate surface area is 130 Å². The molecule has 6 nitrogen and oxygen atoms in total. The zero-order valence-electron chi connectivity index (χ0n) is 12.2. The summed E-state index contributed by atoms with van der Waals surface area (Å²) in [5.41, 5.74) is 0. The lowest BCUT2D eigenvalue weighted by Gasteiger charge is -2.27. The molecule has 0 amide bonds. The topological polar surface area (TPSA) is 58.4 Å². The van der Waals surface area contributed by atoms with Crippen molar-refractivity contribution in [3.63, 3.8) is 0 Å². The maximum Gasteiger partial charge on any atom is 0.263 e. The summed E-state index contributed by atoms with van der Waals surface area (Å²) >= 11 is 6.07. The van der Waals surface area contributed by atoms with E-state index in [4.69, 9.17) is 11.6 Å². The summed E-state index contributed by atoms with van der Waals surface area (Å²) in [4.78, 5) is 6.35. The Morgan fingerprint density at radius 3 is 2.62 bits per heavy atom. The maximum atomic E-state index is 12.8. The first-order valence-electron chi connectivity index (χ1n) is 7.41. The highest BCUT2D eigenvalue weighted by Crippen LogP contribution is 2.29. The summed E-state index contributed by atoms with van der Waals surface area (Å²) in [6.45, 7) is 3.54. The summed E-state index contributed by atoms with van der Waals surface area (Å²) in [6.07, 6.45) is 5.69. The molecule has 3 heterocycles. The molecule has 0 N–H and O–H groups in total. The molecule has 0 spiro atoms. The van der Waals surface area contributed by atoms with Crippen molar-refractivity contribution in [3.8, 4) is 0 Å². The van der Waals surface area contributed by atoms with Gasteiger partial charge in [0.05, 0.1) is 6.33 Å². The Bertz CT molecular complexity index is 610. The molecule has 0 saturated carbocycles. The fourth-order valence-electron chi connectivity index (χ4n) is 3.25. The Morgan fingerprint density at radius 1 is 1.29 bits per heavy atom. The predicted octanol–water partition coefficient (Wildman–Crippen LogP) is 1.32. The second-order valence-electron chi connectivity index (χ2n) is 5.87. The molecule has 1 aromatic rings. The largest absolute Gasteiger partial charge is 0.324 e. The third kappa shape index (κ3) is 2.84. The molecule has 2 aliphatic rings. The Hall–Kier alpha value is -0.630. The quantitative estimate of drug-likeness (QED) is 0.834. The van der Waals surface area contributed by atoms with Crippen LogP contribution in [-0.2, 0) is 17.1 Å². The molecular formula is C13H21ClN4O2S. The van der Waals surface area contributed by atoms with Gasteiger partial charge in [0.25, 0.3) is 10.0 Å². The van der Waals surface area contributed by atoms with Gasteiger partial charge in [-0.2, -0.15) is 4.31 Å². The normalized spacial score (nSPS) is 25.0. The molecular weight excluding hydrogens is 312 g/mol. The van der Waals surface area contributed by atoms with Gasteiger partial charge in [-0.15, -0.1) is 0 Å². The number of hydrogen-bond acceptors (Lipinski definition) is 4. The highest BCUT2D eigenvalue weighted by atomic mass is 35.5. The molecule has 0 unspecified atom stereocenters. The average Bonchev–Trinajstić information content (AvgIpc) is 3.14. The van der Waals surface area contributed by atoms with E-state index in [2.05, 4.69) is 9.88 Å². The first-order valence-corrected chi connectivity index (χ1v) is 9.23. The third-order valence-corrected chi connectivity index (χ3v) is 6.82. The molecule has 0 aromatic carbocycles. The van der Waals surface area contributed by atoms with Crippen LogP contribution in [0.25, 0.3) is 0 Å². The van der Waals surface area contributed by atoms with Crippen LogP contribution in [0.3, 0.4) is 0 Å². The Kier molecular flexibility index (Phi) is 4.27. The molecule has 2 fully saturated rings. The lowest BCUT2D eigenvalue weighted by atomic mass is 10.2. The summed E-state index contributed by atoms with van der Waals surface area (Å²) in [5, 5.41) is 0.168. The minimum absolute atomic E-state index is 0.0139. The highest BCUT2D eigenvalue weighted by Gasteiger charge is 2.38. The lowest BCUT2D eigenvalue weighted by molar-refractivity contribution is 0.257. The summed E-state index contributed by atoms with van der Waals surface area (Å²) in [5.74, 6) is 0. The number of halogens is 1. The van der Waals surface area contributed by atoms with E-state index in [-0.39, 0.29) is 16.2 Å². The van der Waals surface area contributed by atoms with E-state index in [1.165, 1.54) is 23.7 Å². The van der Waals surface area contributed by atoms with E-state index in [1.54, 1.807) is 11.4 Å². The van der Waals surface area contributed by atoms with Crippen molar-refractivity contribution in [1.82, 2.24) is 18.8 Å². The summed E-state index contributed by atoms with van der Waals surface area (Å²) < 4.78 is 28.7. The van der Waals surface area contributed by atoms with Crippen LogP contribution in [0.5, 0.6) is 0 Å². The lowest BCUT2D eigenvalue weighted by Crippen LogP contribution is -2.42. The van der Waals surface area contributed by atoms with Crippen molar-refractivity contribution in [1.29, 1.82) is 0 Å². The van der Waals surface area contributed by atoms with E-state index in [0.717, 1.165) is 32.5 Å². The molecule has 1 atom stereocenters. The smallest absolute Gasteiger partial charge is 0.263 e. The van der Waals surface area contributed by atoms with Crippen LogP contribution < -0.4 is 0 Å². The van der Waals surface area contributed by atoms with Crippen molar-refractivity contribution in [2.75, 3.05) is 26.2 Å². The number of imidazole rings is 1. The van der Waals surface area contributed by atoms with Gasteiger partial charge in [0.15, 0.2) is 0 Å². The fraction of sp³-hybridized carbons (Fsp3) is 0.769. The second kappa shape index (κ2) is 5.87. The number of rotatable bonds is 4. The highest BCUT2D eigenvalue weighted by molar-refractivity contribution is 7.89. The minimum Gasteiger partial charge on any atom is -0.324 e. The number of aryl methyl sites for hydroxylation is 1. The Morgan fingerprint density at radius 2 is 2.00 bits per heavy atom. The van der Waals surface area contributed by atoms with Gasteiger partial charge in [0, 0.05) is 26.2 Å². The second-order valence-corrected chi connectivity index (χ2v) is 8.03. The monoisotopic (exact) mass is 332 g/mol. The molecule has 2 saturated heterocycles. The van der Waals surface area contributed by atoms with E-state index in [9.17, 15) is 8.42 Å². The van der Waals surface area contributed by atoms with E-state index in [0.29, 0.717) is 6.54 Å². The van der Waals surface area contributed by atoms with Crippen LogP contribution in [0.2, 0.25) is 5.15 Å². The summed E-state index contributed by atoms with van der Waals surface area (Å²) in [6, 6.07) is 0.0474.